The molecule has 2 heterocycles. The number of rotatable bonds is 4. The number of aromatic nitrogens is 1. The third-order valence-electron chi connectivity index (χ3n) is 5.97. The highest BCUT2D eigenvalue weighted by Gasteiger charge is 2.32. The number of aliphatic hydroxyl groups is 2. The van der Waals surface area contributed by atoms with Crippen LogP contribution in [0.15, 0.2) is 18.3 Å². The summed E-state index contributed by atoms with van der Waals surface area (Å²) in [5.74, 6) is 0.726. The van der Waals surface area contributed by atoms with E-state index in [-0.39, 0.29) is 12.5 Å². The summed E-state index contributed by atoms with van der Waals surface area (Å²) >= 11 is 0. The molecule has 0 aromatic carbocycles. The largest absolute Gasteiger partial charge is 0.393 e. The minimum Gasteiger partial charge on any atom is -0.393 e. The summed E-state index contributed by atoms with van der Waals surface area (Å²) in [7, 11) is 2.04. The van der Waals surface area contributed by atoms with E-state index >= 15 is 0 Å². The Morgan fingerprint density at radius 3 is 2.77 bits per heavy atom. The highest BCUT2D eigenvalue weighted by Crippen LogP contribution is 2.29. The number of hydrogen-bond acceptors (Lipinski definition) is 5. The van der Waals surface area contributed by atoms with Crippen LogP contribution in [-0.2, 0) is 0 Å². The molecule has 0 unspecified atom stereocenters. The molecule has 2 fully saturated rings. The number of likely N-dealkylation sites (tertiary alicyclic amines) is 1. The smallest absolute Gasteiger partial charge is 0.257 e. The second kappa shape index (κ2) is 8.35. The van der Waals surface area contributed by atoms with Crippen LogP contribution in [0, 0.1) is 0 Å². The Hall–Kier alpha value is -1.66. The Bertz CT molecular complexity index is 618. The Kier molecular flexibility index (Phi) is 6.14. The van der Waals surface area contributed by atoms with Gasteiger partial charge in [0.2, 0.25) is 0 Å². The van der Waals surface area contributed by atoms with Crippen molar-refractivity contribution in [3.8, 4) is 0 Å². The molecule has 144 valence electrons. The predicted octanol–water partition coefficient (Wildman–Crippen LogP) is 2.20. The number of nitrogens with zero attached hydrogens (tertiary/aromatic N) is 3. The van der Waals surface area contributed by atoms with Crippen LogP contribution >= 0.6 is 0 Å². The van der Waals surface area contributed by atoms with Gasteiger partial charge in [-0.25, -0.2) is 4.98 Å². The van der Waals surface area contributed by atoms with Crippen LogP contribution in [0.3, 0.4) is 0 Å². The lowest BCUT2D eigenvalue weighted by atomic mass is 9.94. The van der Waals surface area contributed by atoms with Gasteiger partial charge in [-0.05, 0) is 44.2 Å². The number of anilines is 1. The van der Waals surface area contributed by atoms with Gasteiger partial charge in [0.1, 0.15) is 5.82 Å². The summed E-state index contributed by atoms with van der Waals surface area (Å²) in [4.78, 5) is 21.7. The molecule has 0 radical (unpaired) electrons. The minimum absolute atomic E-state index is 0.0297. The van der Waals surface area contributed by atoms with Crippen LogP contribution in [0.2, 0.25) is 0 Å². The molecule has 1 aromatic rings. The highest BCUT2D eigenvalue weighted by atomic mass is 16.3. The standard InChI is InChI=1S/C20H31N3O3/c1-22(16-7-3-2-4-8-16)18-17(9-5-12-21-18)19(25)23-13-6-10-20(26,15-24)11-14-23/h5,9,12,16,24,26H,2-4,6-8,10-11,13-15H2,1H3/t20-/m1/s1. The second-order valence-corrected chi connectivity index (χ2v) is 7.81. The molecule has 1 aliphatic carbocycles. The van der Waals surface area contributed by atoms with E-state index in [2.05, 4.69) is 9.88 Å². The van der Waals surface area contributed by atoms with Gasteiger partial charge in [0.15, 0.2) is 0 Å². The topological polar surface area (TPSA) is 76.9 Å². The molecule has 6 heteroatoms. The molecule has 1 atom stereocenters. The lowest BCUT2D eigenvalue weighted by Crippen LogP contribution is -2.38. The number of aliphatic hydroxyl groups excluding tert-OH is 1. The minimum atomic E-state index is -1.06. The maximum absolute atomic E-state index is 13.2. The van der Waals surface area contributed by atoms with Crippen LogP contribution in [-0.4, -0.2) is 64.4 Å². The summed E-state index contributed by atoms with van der Waals surface area (Å²) in [5, 5.41) is 19.7. The molecule has 0 bridgehead atoms. The first-order valence-corrected chi connectivity index (χ1v) is 9.84. The lowest BCUT2D eigenvalue weighted by Gasteiger charge is -2.33. The number of hydrogen-bond donors (Lipinski definition) is 2. The maximum Gasteiger partial charge on any atom is 0.257 e. The fourth-order valence-electron chi connectivity index (χ4n) is 4.20. The van der Waals surface area contributed by atoms with E-state index in [1.54, 1.807) is 11.1 Å². The van der Waals surface area contributed by atoms with Gasteiger partial charge < -0.3 is 20.0 Å². The van der Waals surface area contributed by atoms with Gasteiger partial charge in [0, 0.05) is 32.4 Å². The van der Waals surface area contributed by atoms with Crippen LogP contribution in [0.4, 0.5) is 5.82 Å². The van der Waals surface area contributed by atoms with Crippen molar-refractivity contribution in [2.75, 3.05) is 31.6 Å². The first kappa shape index (κ1) is 19.1. The van der Waals surface area contributed by atoms with Gasteiger partial charge in [-0.2, -0.15) is 0 Å². The van der Waals surface area contributed by atoms with E-state index in [0.29, 0.717) is 44.0 Å². The summed E-state index contributed by atoms with van der Waals surface area (Å²) in [6.07, 6.45) is 9.42. The molecule has 3 rings (SSSR count). The third kappa shape index (κ3) is 4.18. The highest BCUT2D eigenvalue weighted by molar-refractivity contribution is 5.99. The van der Waals surface area contributed by atoms with Gasteiger partial charge in [0.05, 0.1) is 17.8 Å². The van der Waals surface area contributed by atoms with Crippen molar-refractivity contribution in [3.05, 3.63) is 23.9 Å². The van der Waals surface area contributed by atoms with Crippen LogP contribution in [0.1, 0.15) is 61.7 Å². The molecule has 1 aromatic heterocycles. The zero-order valence-corrected chi connectivity index (χ0v) is 15.7. The molecule has 0 spiro atoms. The van der Waals surface area contributed by atoms with Crippen molar-refractivity contribution >= 4 is 11.7 Å². The Labute approximate surface area is 155 Å². The molecular formula is C20H31N3O3. The SMILES string of the molecule is CN(c1ncccc1C(=O)N1CCC[C@](O)(CO)CC1)C1CCCCC1. The third-order valence-corrected chi connectivity index (χ3v) is 5.97. The van der Waals surface area contributed by atoms with Gasteiger partial charge in [-0.15, -0.1) is 0 Å². The van der Waals surface area contributed by atoms with E-state index in [9.17, 15) is 15.0 Å². The van der Waals surface area contributed by atoms with E-state index in [1.807, 2.05) is 19.2 Å². The molecule has 6 nitrogen and oxygen atoms in total. The first-order chi connectivity index (χ1) is 12.5. The number of carbonyl (C=O) groups excluding carboxylic acids is 1. The summed E-state index contributed by atoms with van der Waals surface area (Å²) in [6, 6.07) is 4.11. The molecule has 1 saturated heterocycles. The van der Waals surface area contributed by atoms with E-state index in [4.69, 9.17) is 0 Å². The Morgan fingerprint density at radius 2 is 2.04 bits per heavy atom. The molecule has 2 aliphatic rings. The van der Waals surface area contributed by atoms with Crippen molar-refractivity contribution < 1.29 is 15.0 Å². The van der Waals surface area contributed by atoms with Crippen LogP contribution in [0.5, 0.6) is 0 Å². The number of amides is 1. The van der Waals surface area contributed by atoms with E-state index in [0.717, 1.165) is 18.7 Å². The van der Waals surface area contributed by atoms with Crippen molar-refractivity contribution in [2.24, 2.45) is 0 Å². The molecule has 1 saturated carbocycles. The molecule has 1 aliphatic heterocycles. The normalized spacial score (nSPS) is 25.0. The van der Waals surface area contributed by atoms with E-state index < -0.39 is 5.60 Å². The fourth-order valence-corrected chi connectivity index (χ4v) is 4.20. The summed E-state index contributed by atoms with van der Waals surface area (Å²) < 4.78 is 0. The monoisotopic (exact) mass is 361 g/mol. The van der Waals surface area contributed by atoms with Gasteiger partial charge in [-0.1, -0.05) is 19.3 Å². The van der Waals surface area contributed by atoms with Crippen molar-refractivity contribution in [1.29, 1.82) is 0 Å². The Morgan fingerprint density at radius 1 is 1.27 bits per heavy atom. The maximum atomic E-state index is 13.2. The van der Waals surface area contributed by atoms with Crippen LogP contribution < -0.4 is 4.90 Å². The quantitative estimate of drug-likeness (QED) is 0.860. The fraction of sp³-hybridized carbons (Fsp3) is 0.700. The van der Waals surface area contributed by atoms with Crippen LogP contribution in [0.25, 0.3) is 0 Å². The molecule has 1 amide bonds. The second-order valence-electron chi connectivity index (χ2n) is 7.81. The lowest BCUT2D eigenvalue weighted by molar-refractivity contribution is -0.0250. The first-order valence-electron chi connectivity index (χ1n) is 9.84. The molecule has 26 heavy (non-hydrogen) atoms. The van der Waals surface area contributed by atoms with Crippen molar-refractivity contribution in [2.45, 2.75) is 63.0 Å². The zero-order valence-electron chi connectivity index (χ0n) is 15.7. The molecule has 2 N–H and O–H groups in total. The average molecular weight is 361 g/mol. The number of pyridine rings is 1. The zero-order chi connectivity index (χ0) is 18.6. The van der Waals surface area contributed by atoms with Gasteiger partial charge >= 0.3 is 0 Å². The predicted molar refractivity (Wildman–Crippen MR) is 101 cm³/mol. The molecular weight excluding hydrogens is 330 g/mol. The number of carbonyl (C=O) groups is 1. The summed E-state index contributed by atoms with van der Waals surface area (Å²) in [6.45, 7) is 0.803. The van der Waals surface area contributed by atoms with Gasteiger partial charge in [-0.3, -0.25) is 4.79 Å². The van der Waals surface area contributed by atoms with Crippen molar-refractivity contribution in [1.82, 2.24) is 9.88 Å². The summed E-state index contributed by atoms with van der Waals surface area (Å²) in [5.41, 5.74) is -0.430. The Balaban J connectivity index is 1.77. The van der Waals surface area contributed by atoms with E-state index in [1.165, 1.54) is 19.3 Å². The van der Waals surface area contributed by atoms with Crippen molar-refractivity contribution in [3.63, 3.8) is 0 Å². The average Bonchev–Trinajstić information content (AvgIpc) is 2.90. The van der Waals surface area contributed by atoms with Gasteiger partial charge in [0.25, 0.3) is 5.91 Å².